The zero-order valence-electron chi connectivity index (χ0n) is 13.7. The van der Waals surface area contributed by atoms with Gasteiger partial charge >= 0.3 is 0 Å². The summed E-state index contributed by atoms with van der Waals surface area (Å²) in [6.07, 6.45) is 4.37. The minimum Gasteiger partial charge on any atom is -0.340 e. The van der Waals surface area contributed by atoms with Crippen molar-refractivity contribution in [3.8, 4) is 0 Å². The number of piperazine rings is 1. The number of imidazole rings is 1. The van der Waals surface area contributed by atoms with Crippen molar-refractivity contribution >= 4 is 5.91 Å². The number of aromatic nitrogens is 2. The highest BCUT2D eigenvalue weighted by Gasteiger charge is 2.20. The first-order valence-electron chi connectivity index (χ1n) is 8.24. The second kappa shape index (κ2) is 7.42. The third kappa shape index (κ3) is 4.20. The first-order valence-corrected chi connectivity index (χ1v) is 8.24. The maximum Gasteiger partial charge on any atom is 0.227 e. The number of hydrogen-bond acceptors (Lipinski definition) is 3. The predicted molar refractivity (Wildman–Crippen MR) is 90.1 cm³/mol. The highest BCUT2D eigenvalue weighted by molar-refractivity contribution is 5.78. The molecule has 0 N–H and O–H groups in total. The standard InChI is InChI=1S/C18H24N4O/c1-16-19-7-8-21(16)12-9-20-10-13-22(14-11-20)18(23)15-17-5-3-2-4-6-17/h2-8H,9-15H2,1H3. The van der Waals surface area contributed by atoms with Crippen LogP contribution in [0.5, 0.6) is 0 Å². The van der Waals surface area contributed by atoms with Gasteiger partial charge in [-0.05, 0) is 12.5 Å². The number of carbonyl (C=O) groups is 1. The van der Waals surface area contributed by atoms with Crippen LogP contribution in [0.3, 0.4) is 0 Å². The molecule has 1 fully saturated rings. The van der Waals surface area contributed by atoms with E-state index in [4.69, 9.17) is 0 Å². The second-order valence-electron chi connectivity index (χ2n) is 6.05. The van der Waals surface area contributed by atoms with Crippen LogP contribution in [0.15, 0.2) is 42.7 Å². The average molecular weight is 312 g/mol. The Morgan fingerprint density at radius 1 is 1.09 bits per heavy atom. The van der Waals surface area contributed by atoms with Crippen LogP contribution in [-0.2, 0) is 17.8 Å². The van der Waals surface area contributed by atoms with E-state index in [1.165, 1.54) is 0 Å². The van der Waals surface area contributed by atoms with Crippen molar-refractivity contribution in [3.63, 3.8) is 0 Å². The maximum absolute atomic E-state index is 12.4. The number of amides is 1. The zero-order chi connectivity index (χ0) is 16.1. The molecule has 5 heteroatoms. The van der Waals surface area contributed by atoms with E-state index in [0.717, 1.165) is 50.7 Å². The van der Waals surface area contributed by atoms with Crippen molar-refractivity contribution < 1.29 is 4.79 Å². The van der Waals surface area contributed by atoms with Gasteiger partial charge in [0.1, 0.15) is 5.82 Å². The third-order valence-electron chi connectivity index (χ3n) is 4.50. The van der Waals surface area contributed by atoms with Crippen LogP contribution in [0.4, 0.5) is 0 Å². The van der Waals surface area contributed by atoms with Crippen molar-refractivity contribution in [2.75, 3.05) is 32.7 Å². The quantitative estimate of drug-likeness (QED) is 0.842. The molecular formula is C18H24N4O. The molecule has 23 heavy (non-hydrogen) atoms. The maximum atomic E-state index is 12.4. The summed E-state index contributed by atoms with van der Waals surface area (Å²) in [5.41, 5.74) is 1.09. The summed E-state index contributed by atoms with van der Waals surface area (Å²) >= 11 is 0. The molecule has 1 amide bonds. The fourth-order valence-corrected chi connectivity index (χ4v) is 2.99. The molecule has 3 rings (SSSR count). The van der Waals surface area contributed by atoms with E-state index in [9.17, 15) is 4.79 Å². The smallest absolute Gasteiger partial charge is 0.227 e. The van der Waals surface area contributed by atoms with E-state index in [1.54, 1.807) is 0 Å². The molecule has 0 saturated carbocycles. The molecule has 0 bridgehead atoms. The number of rotatable bonds is 5. The van der Waals surface area contributed by atoms with E-state index in [1.807, 2.05) is 54.5 Å². The summed E-state index contributed by atoms with van der Waals surface area (Å²) in [4.78, 5) is 21.0. The van der Waals surface area contributed by atoms with Crippen molar-refractivity contribution in [1.29, 1.82) is 0 Å². The van der Waals surface area contributed by atoms with Crippen LogP contribution < -0.4 is 0 Å². The van der Waals surface area contributed by atoms with Gasteiger partial charge in [0.05, 0.1) is 6.42 Å². The fourth-order valence-electron chi connectivity index (χ4n) is 2.99. The van der Waals surface area contributed by atoms with Crippen LogP contribution >= 0.6 is 0 Å². The number of benzene rings is 1. The highest BCUT2D eigenvalue weighted by Crippen LogP contribution is 2.07. The number of aryl methyl sites for hydroxylation is 1. The van der Waals surface area contributed by atoms with Crippen LogP contribution in [0.25, 0.3) is 0 Å². The van der Waals surface area contributed by atoms with Crippen molar-refractivity contribution in [2.45, 2.75) is 19.9 Å². The third-order valence-corrected chi connectivity index (χ3v) is 4.50. The Hall–Kier alpha value is -2.14. The zero-order valence-corrected chi connectivity index (χ0v) is 13.7. The average Bonchev–Trinajstić information content (AvgIpc) is 2.99. The summed E-state index contributed by atoms with van der Waals surface area (Å²) in [7, 11) is 0. The summed E-state index contributed by atoms with van der Waals surface area (Å²) < 4.78 is 2.17. The first-order chi connectivity index (χ1) is 11.2. The van der Waals surface area contributed by atoms with Crippen LogP contribution in [0.2, 0.25) is 0 Å². The van der Waals surface area contributed by atoms with Gasteiger partial charge in [0, 0.05) is 51.7 Å². The normalized spacial score (nSPS) is 15.8. The number of carbonyl (C=O) groups excluding carboxylic acids is 1. The first kappa shape index (κ1) is 15.7. The van der Waals surface area contributed by atoms with E-state index < -0.39 is 0 Å². The van der Waals surface area contributed by atoms with Gasteiger partial charge in [0.2, 0.25) is 5.91 Å². The number of hydrogen-bond donors (Lipinski definition) is 0. The van der Waals surface area contributed by atoms with Crippen molar-refractivity contribution in [3.05, 3.63) is 54.1 Å². The van der Waals surface area contributed by atoms with Gasteiger partial charge in [0.25, 0.3) is 0 Å². The Morgan fingerprint density at radius 2 is 1.83 bits per heavy atom. The minimum atomic E-state index is 0.237. The minimum absolute atomic E-state index is 0.237. The van der Waals surface area contributed by atoms with Gasteiger partial charge < -0.3 is 9.47 Å². The molecule has 1 aromatic carbocycles. The monoisotopic (exact) mass is 312 g/mol. The molecule has 2 heterocycles. The molecule has 1 aliphatic rings. The molecule has 122 valence electrons. The highest BCUT2D eigenvalue weighted by atomic mass is 16.2. The largest absolute Gasteiger partial charge is 0.340 e. The topological polar surface area (TPSA) is 41.4 Å². The Morgan fingerprint density at radius 3 is 2.48 bits per heavy atom. The molecule has 0 radical (unpaired) electrons. The van der Waals surface area contributed by atoms with Gasteiger partial charge in [-0.25, -0.2) is 4.98 Å². The fraction of sp³-hybridized carbons (Fsp3) is 0.444. The molecule has 0 spiro atoms. The Labute approximate surface area is 137 Å². The molecule has 2 aromatic rings. The summed E-state index contributed by atoms with van der Waals surface area (Å²) in [5.74, 6) is 1.29. The lowest BCUT2D eigenvalue weighted by Gasteiger charge is -2.35. The molecule has 1 aromatic heterocycles. The molecule has 1 saturated heterocycles. The second-order valence-corrected chi connectivity index (χ2v) is 6.05. The molecule has 0 unspecified atom stereocenters. The predicted octanol–water partition coefficient (Wildman–Crippen LogP) is 1.58. The summed E-state index contributed by atoms with van der Waals surface area (Å²) in [6.45, 7) is 7.56. The van der Waals surface area contributed by atoms with Crippen molar-refractivity contribution in [1.82, 2.24) is 19.4 Å². The van der Waals surface area contributed by atoms with Crippen LogP contribution in [-0.4, -0.2) is 58.0 Å². The van der Waals surface area contributed by atoms with Gasteiger partial charge in [-0.15, -0.1) is 0 Å². The SMILES string of the molecule is Cc1nccn1CCN1CCN(C(=O)Cc2ccccc2)CC1. The van der Waals surface area contributed by atoms with Crippen LogP contribution in [0, 0.1) is 6.92 Å². The van der Waals surface area contributed by atoms with Crippen LogP contribution in [0.1, 0.15) is 11.4 Å². The molecule has 1 aliphatic heterocycles. The summed E-state index contributed by atoms with van der Waals surface area (Å²) in [6, 6.07) is 9.98. The van der Waals surface area contributed by atoms with E-state index in [-0.39, 0.29) is 5.91 Å². The van der Waals surface area contributed by atoms with Gasteiger partial charge in [-0.1, -0.05) is 30.3 Å². The lowest BCUT2D eigenvalue weighted by Crippen LogP contribution is -2.49. The molecule has 5 nitrogen and oxygen atoms in total. The van der Waals surface area contributed by atoms with E-state index in [2.05, 4.69) is 14.5 Å². The van der Waals surface area contributed by atoms with Gasteiger partial charge in [-0.3, -0.25) is 9.69 Å². The Bertz CT molecular complexity index is 629. The summed E-state index contributed by atoms with van der Waals surface area (Å²) in [5, 5.41) is 0. The van der Waals surface area contributed by atoms with E-state index in [0.29, 0.717) is 6.42 Å². The molecule has 0 atom stereocenters. The van der Waals surface area contributed by atoms with Gasteiger partial charge in [0.15, 0.2) is 0 Å². The van der Waals surface area contributed by atoms with Gasteiger partial charge in [-0.2, -0.15) is 0 Å². The molecule has 0 aliphatic carbocycles. The van der Waals surface area contributed by atoms with E-state index >= 15 is 0 Å². The number of nitrogens with zero attached hydrogens (tertiary/aromatic N) is 4. The van der Waals surface area contributed by atoms with Crippen molar-refractivity contribution in [2.24, 2.45) is 0 Å². The lowest BCUT2D eigenvalue weighted by atomic mass is 10.1. The Balaban J connectivity index is 1.43. The Kier molecular flexibility index (Phi) is 5.08. The lowest BCUT2D eigenvalue weighted by molar-refractivity contribution is -0.132. The molecular weight excluding hydrogens is 288 g/mol.